The second-order valence-electron chi connectivity index (χ2n) is 7.85. The number of aliphatic hydroxyl groups is 1. The van der Waals surface area contributed by atoms with Crippen LogP contribution in [-0.2, 0) is 6.54 Å². The van der Waals surface area contributed by atoms with E-state index < -0.39 is 6.29 Å². The summed E-state index contributed by atoms with van der Waals surface area (Å²) in [5.41, 5.74) is 9.11. The average molecular weight is 495 g/mol. The highest BCUT2D eigenvalue weighted by atomic mass is 32.1. The molecular formula is C24H30N8O2S. The number of ether oxygens (including phenoxy) is 1. The number of hydrogen-bond donors (Lipinski definition) is 4. The van der Waals surface area contributed by atoms with E-state index in [4.69, 9.17) is 22.7 Å². The maximum atomic E-state index is 9.89. The Labute approximate surface area is 210 Å². The van der Waals surface area contributed by atoms with Crippen molar-refractivity contribution in [3.8, 4) is 5.75 Å². The predicted molar refractivity (Wildman–Crippen MR) is 143 cm³/mol. The van der Waals surface area contributed by atoms with E-state index >= 15 is 0 Å². The van der Waals surface area contributed by atoms with Gasteiger partial charge in [-0.3, -0.25) is 9.98 Å². The molecule has 0 radical (unpaired) electrons. The number of benzene rings is 1. The van der Waals surface area contributed by atoms with Gasteiger partial charge < -0.3 is 31.1 Å². The van der Waals surface area contributed by atoms with Gasteiger partial charge in [-0.2, -0.15) is 0 Å². The zero-order chi connectivity index (χ0) is 25.2. The van der Waals surface area contributed by atoms with E-state index in [2.05, 4.69) is 30.6 Å². The molecule has 5 N–H and O–H groups in total. The van der Waals surface area contributed by atoms with Crippen molar-refractivity contribution < 1.29 is 9.84 Å². The molecule has 11 heteroatoms. The summed E-state index contributed by atoms with van der Waals surface area (Å²) in [7, 11) is 3.74. The minimum atomic E-state index is -0.889. The zero-order valence-electron chi connectivity index (χ0n) is 20.0. The van der Waals surface area contributed by atoms with Crippen molar-refractivity contribution in [1.29, 1.82) is 0 Å². The number of likely N-dealkylation sites (N-methyl/N-ethyl adjacent to an activating group) is 1. The molecule has 184 valence electrons. The molecule has 0 fully saturated rings. The van der Waals surface area contributed by atoms with Gasteiger partial charge in [-0.05, 0) is 63.1 Å². The zero-order valence-corrected chi connectivity index (χ0v) is 20.8. The standard InChI is InChI=1S/C24H30N8O2S/c1-4-27-24(35)31-21-10-9-19-23(30-21)29-20(14-28-19)17(11-25)13-26-12-16-5-7-18(8-6-16)34-22(33)15-32(2)3/h5-11,13-14,22,33H,4,12,15,25H2,1-3H3,(H2,27,29,30,31,35). The van der Waals surface area contributed by atoms with Crippen LogP contribution < -0.4 is 21.1 Å². The molecule has 1 aromatic carbocycles. The Morgan fingerprint density at radius 1 is 1.23 bits per heavy atom. The number of nitrogens with two attached hydrogens (primary N) is 1. The number of aliphatic hydroxyl groups excluding tert-OH is 1. The number of nitrogens with one attached hydrogen (secondary N) is 2. The summed E-state index contributed by atoms with van der Waals surface area (Å²) in [5.74, 6) is 1.16. The number of fused-ring (bicyclic) bond motifs is 1. The van der Waals surface area contributed by atoms with Gasteiger partial charge in [0.2, 0.25) is 6.29 Å². The first-order chi connectivity index (χ1) is 16.9. The van der Waals surface area contributed by atoms with Crippen LogP contribution in [0.2, 0.25) is 0 Å². The quantitative estimate of drug-likeness (QED) is 0.189. The van der Waals surface area contributed by atoms with Crippen LogP contribution in [-0.4, -0.2) is 69.8 Å². The lowest BCUT2D eigenvalue weighted by molar-refractivity contribution is -0.0327. The van der Waals surface area contributed by atoms with Crippen LogP contribution in [0.15, 0.2) is 53.8 Å². The number of hydrogen-bond acceptors (Lipinski definition) is 9. The molecule has 35 heavy (non-hydrogen) atoms. The summed E-state index contributed by atoms with van der Waals surface area (Å²) < 4.78 is 5.49. The summed E-state index contributed by atoms with van der Waals surface area (Å²) in [5, 5.41) is 16.4. The maximum Gasteiger partial charge on any atom is 0.210 e. The van der Waals surface area contributed by atoms with E-state index in [1.807, 2.05) is 44.1 Å². The van der Waals surface area contributed by atoms with Crippen LogP contribution >= 0.6 is 12.2 Å². The molecule has 2 aromatic heterocycles. The normalized spacial score (nSPS) is 12.8. The molecular weight excluding hydrogens is 464 g/mol. The monoisotopic (exact) mass is 494 g/mol. The van der Waals surface area contributed by atoms with E-state index in [1.165, 1.54) is 6.20 Å². The molecule has 0 saturated heterocycles. The van der Waals surface area contributed by atoms with Gasteiger partial charge >= 0.3 is 0 Å². The van der Waals surface area contributed by atoms with Crippen LogP contribution in [0.1, 0.15) is 18.2 Å². The molecule has 0 aliphatic heterocycles. The summed E-state index contributed by atoms with van der Waals surface area (Å²) in [6.45, 7) is 3.52. The first-order valence-electron chi connectivity index (χ1n) is 11.1. The first-order valence-corrected chi connectivity index (χ1v) is 11.5. The van der Waals surface area contributed by atoms with Crippen molar-refractivity contribution in [1.82, 2.24) is 25.2 Å². The Hall–Kier alpha value is -3.67. The number of thiocarbonyl (C=S) groups is 1. The van der Waals surface area contributed by atoms with Gasteiger partial charge in [-0.1, -0.05) is 12.1 Å². The Balaban J connectivity index is 1.65. The Bertz CT molecular complexity index is 1200. The molecule has 3 aromatic rings. The third-order valence-electron chi connectivity index (χ3n) is 4.68. The molecule has 1 unspecified atom stereocenters. The highest BCUT2D eigenvalue weighted by molar-refractivity contribution is 7.80. The van der Waals surface area contributed by atoms with Crippen LogP contribution in [0, 0.1) is 0 Å². The van der Waals surface area contributed by atoms with Crippen molar-refractivity contribution in [2.24, 2.45) is 10.7 Å². The summed E-state index contributed by atoms with van der Waals surface area (Å²) in [6.07, 6.45) is 3.84. The number of anilines is 1. The highest BCUT2D eigenvalue weighted by Crippen LogP contribution is 2.17. The average Bonchev–Trinajstić information content (AvgIpc) is 2.82. The fraction of sp³-hybridized carbons (Fsp3) is 0.292. The van der Waals surface area contributed by atoms with Gasteiger partial charge in [-0.25, -0.2) is 9.97 Å². The van der Waals surface area contributed by atoms with Crippen molar-refractivity contribution in [2.75, 3.05) is 32.5 Å². The van der Waals surface area contributed by atoms with Crippen LogP contribution in [0.4, 0.5) is 5.82 Å². The minimum absolute atomic E-state index is 0.411. The molecule has 0 amide bonds. The number of aliphatic imine (C=N–C) groups is 1. The number of rotatable bonds is 10. The van der Waals surface area contributed by atoms with Crippen LogP contribution in [0.25, 0.3) is 16.7 Å². The van der Waals surface area contributed by atoms with E-state index in [0.717, 1.165) is 5.56 Å². The molecule has 3 rings (SSSR count). The molecule has 0 spiro atoms. The molecule has 0 bridgehead atoms. The molecule has 0 saturated carbocycles. The lowest BCUT2D eigenvalue weighted by atomic mass is 10.2. The van der Waals surface area contributed by atoms with Crippen LogP contribution in [0.3, 0.4) is 0 Å². The molecule has 0 aliphatic rings. The minimum Gasteiger partial charge on any atom is -0.464 e. The maximum absolute atomic E-state index is 9.89. The topological polar surface area (TPSA) is 134 Å². The van der Waals surface area contributed by atoms with Crippen LogP contribution in [0.5, 0.6) is 5.75 Å². The lowest BCUT2D eigenvalue weighted by Crippen LogP contribution is -2.30. The summed E-state index contributed by atoms with van der Waals surface area (Å²) in [6, 6.07) is 11.0. The molecule has 10 nitrogen and oxygen atoms in total. The third kappa shape index (κ3) is 7.95. The number of allylic oxidation sites excluding steroid dienone is 1. The first kappa shape index (κ1) is 25.9. The van der Waals surface area contributed by atoms with E-state index in [1.54, 1.807) is 30.6 Å². The number of pyridine rings is 1. The fourth-order valence-corrected chi connectivity index (χ4v) is 3.30. The lowest BCUT2D eigenvalue weighted by Gasteiger charge is -2.17. The second kappa shape index (κ2) is 12.7. The number of aromatic nitrogens is 3. The molecule has 0 aliphatic carbocycles. The van der Waals surface area contributed by atoms with Gasteiger partial charge in [0.15, 0.2) is 10.8 Å². The van der Waals surface area contributed by atoms with Crippen molar-refractivity contribution >= 4 is 46.1 Å². The Morgan fingerprint density at radius 2 is 2.00 bits per heavy atom. The largest absolute Gasteiger partial charge is 0.464 e. The van der Waals surface area contributed by atoms with Gasteiger partial charge in [0, 0.05) is 24.5 Å². The van der Waals surface area contributed by atoms with Gasteiger partial charge in [-0.15, -0.1) is 0 Å². The summed E-state index contributed by atoms with van der Waals surface area (Å²) >= 11 is 5.21. The van der Waals surface area contributed by atoms with Gasteiger partial charge in [0.05, 0.1) is 25.0 Å². The van der Waals surface area contributed by atoms with Gasteiger partial charge in [0.1, 0.15) is 17.1 Å². The fourth-order valence-electron chi connectivity index (χ4n) is 3.05. The third-order valence-corrected chi connectivity index (χ3v) is 4.93. The predicted octanol–water partition coefficient (Wildman–Crippen LogP) is 2.16. The smallest absolute Gasteiger partial charge is 0.210 e. The van der Waals surface area contributed by atoms with E-state index in [0.29, 0.717) is 58.7 Å². The Morgan fingerprint density at radius 3 is 2.69 bits per heavy atom. The highest BCUT2D eigenvalue weighted by Gasteiger charge is 2.08. The van der Waals surface area contributed by atoms with E-state index in [9.17, 15) is 5.11 Å². The summed E-state index contributed by atoms with van der Waals surface area (Å²) in [4.78, 5) is 19.8. The molecule has 1 atom stereocenters. The van der Waals surface area contributed by atoms with E-state index in [-0.39, 0.29) is 0 Å². The second-order valence-corrected chi connectivity index (χ2v) is 8.26. The number of nitrogens with zero attached hydrogens (tertiary/aromatic N) is 5. The Kier molecular flexibility index (Phi) is 9.41. The van der Waals surface area contributed by atoms with Crippen molar-refractivity contribution in [3.05, 3.63) is 60.1 Å². The van der Waals surface area contributed by atoms with Crippen molar-refractivity contribution in [3.63, 3.8) is 0 Å². The molecule has 2 heterocycles. The van der Waals surface area contributed by atoms with Gasteiger partial charge in [0.25, 0.3) is 0 Å². The van der Waals surface area contributed by atoms with Crippen molar-refractivity contribution in [2.45, 2.75) is 19.8 Å². The SMILES string of the molecule is CCNC(=S)Nc1ccc2ncc(C(C=NCc3ccc(OC(O)CN(C)C)cc3)=CN)nc2n1.